The number of rotatable bonds is 22. The van der Waals surface area contributed by atoms with E-state index in [0.29, 0.717) is 23.1 Å². The highest BCUT2D eigenvalue weighted by Gasteiger charge is 2.23. The maximum Gasteiger partial charge on any atom is 0.337 e. The van der Waals surface area contributed by atoms with Crippen LogP contribution in [-0.2, 0) is 43.5 Å². The smallest absolute Gasteiger partial charge is 0.337 e. The number of nitrogen functional groups attached to an aromatic ring is 2. The van der Waals surface area contributed by atoms with E-state index in [0.717, 1.165) is 12.1 Å². The Balaban J connectivity index is 0.887. The van der Waals surface area contributed by atoms with Gasteiger partial charge in [-0.1, -0.05) is 17.2 Å². The Kier molecular flexibility index (Phi) is 17.3. The van der Waals surface area contributed by atoms with Crippen LogP contribution in [0.5, 0.6) is 5.75 Å². The van der Waals surface area contributed by atoms with Gasteiger partial charge in [-0.2, -0.15) is 33.6 Å². The quantitative estimate of drug-likeness (QED) is 0.00579. The monoisotopic (exact) mass is 1170 g/mol. The summed E-state index contributed by atoms with van der Waals surface area (Å²) in [6.45, 7) is -0.465. The molecule has 0 amide bonds. The van der Waals surface area contributed by atoms with E-state index in [1.807, 2.05) is 0 Å². The zero-order chi connectivity index (χ0) is 56.5. The van der Waals surface area contributed by atoms with Crippen LogP contribution in [0.3, 0.4) is 0 Å². The van der Waals surface area contributed by atoms with Crippen molar-refractivity contribution in [3.8, 4) is 5.75 Å². The zero-order valence-corrected chi connectivity index (χ0v) is 43.7. The lowest BCUT2D eigenvalue weighted by Crippen LogP contribution is -2.12. The van der Waals surface area contributed by atoms with Gasteiger partial charge in [-0.3, -0.25) is 13.5 Å². The molecule has 8 aromatic rings. The minimum atomic E-state index is -5.06. The number of aromatic carboxylic acids is 1. The number of anilines is 7. The number of sulfone groups is 1. The summed E-state index contributed by atoms with van der Waals surface area (Å²) in [6.07, 6.45) is 0. The third-order valence-corrected chi connectivity index (χ3v) is 15.1. The van der Waals surface area contributed by atoms with Crippen molar-refractivity contribution in [2.45, 2.75) is 14.7 Å². The van der Waals surface area contributed by atoms with Crippen LogP contribution in [0.25, 0.3) is 10.8 Å². The third kappa shape index (κ3) is 14.2. The molecule has 79 heavy (non-hydrogen) atoms. The van der Waals surface area contributed by atoms with Gasteiger partial charge < -0.3 is 32.3 Å². The Labute approximate surface area is 455 Å². The Morgan fingerprint density at radius 1 is 0.658 bits per heavy atom. The summed E-state index contributed by atoms with van der Waals surface area (Å²) in [5, 5.41) is 62.8. The second-order valence-corrected chi connectivity index (χ2v) is 21.9. The Hall–Kier alpha value is -8.83. The summed E-state index contributed by atoms with van der Waals surface area (Å²) in [7, 11) is -13.3. The molecule has 11 N–H and O–H groups in total. The highest BCUT2D eigenvalue weighted by molar-refractivity contribution is 7.92. The number of carboxylic acid groups (broad SMARTS) is 1. The molecule has 0 fully saturated rings. The van der Waals surface area contributed by atoms with Crippen molar-refractivity contribution >= 4 is 145 Å². The van der Waals surface area contributed by atoms with Gasteiger partial charge in [0, 0.05) is 22.1 Å². The van der Waals surface area contributed by atoms with Gasteiger partial charge in [0.15, 0.2) is 27.9 Å². The number of carboxylic acids is 1. The number of fused-ring (bicyclic) bond motifs is 1. The lowest BCUT2D eigenvalue weighted by atomic mass is 10.1. The molecule has 0 unspecified atom stereocenters. The standard InChI is InChI=1S/C46H37ClN14O14S4/c47-44-52-45(54-46(53-44)51-36-4-2-1-3-33(36)43(63)64)50-28-11-18-37(35(49)23-28)57-55-25-5-7-27(8-6-25)61-78(68,69)29-12-9-26(10-13-29)56-59-39-20-16-31-32(42(39)62)15-17-34(48)41(31)60-58-38-19-14-30(24-40(38)79(70,71)72)77(66,67)22-21-73-76-75-74-65/h1-20,23-24,61-62,65H,21-22,48-49H2,(H,63,64)(H,70,71,72)(H2,50,51,52,53,54)/b57-55+,59-56?,60-58+. The molecule has 1 aromatic heterocycles. The normalized spacial score (nSPS) is 12.2. The number of halogens is 1. The zero-order valence-electron chi connectivity index (χ0n) is 39.7. The van der Waals surface area contributed by atoms with Crippen LogP contribution in [0.2, 0.25) is 5.28 Å². The number of aromatic hydroxyl groups is 1. The number of para-hydroxylation sites is 1. The molecule has 28 nitrogen and oxygen atoms in total. The van der Waals surface area contributed by atoms with Crippen molar-refractivity contribution in [1.29, 1.82) is 0 Å². The summed E-state index contributed by atoms with van der Waals surface area (Å²) < 4.78 is 98.1. The lowest BCUT2D eigenvalue weighted by Gasteiger charge is -2.11. The number of nitrogens with zero attached hydrogens (tertiary/aromatic N) is 9. The second-order valence-electron chi connectivity index (χ2n) is 15.9. The topological polar surface area (TPSA) is 429 Å². The average molecular weight is 1170 g/mol. The average Bonchev–Trinajstić information content (AvgIpc) is 3.44. The van der Waals surface area contributed by atoms with Crippen molar-refractivity contribution in [3.63, 3.8) is 0 Å². The molecule has 0 saturated heterocycles. The Morgan fingerprint density at radius 3 is 1.95 bits per heavy atom. The summed E-state index contributed by atoms with van der Waals surface area (Å²) in [6, 6.07) is 30.7. The first kappa shape index (κ1) is 56.4. The fourth-order valence-electron chi connectivity index (χ4n) is 6.92. The predicted molar refractivity (Wildman–Crippen MR) is 289 cm³/mol. The van der Waals surface area contributed by atoms with Crippen molar-refractivity contribution in [2.75, 3.05) is 39.2 Å². The molecule has 406 valence electrons. The van der Waals surface area contributed by atoms with Crippen LogP contribution < -0.4 is 26.8 Å². The van der Waals surface area contributed by atoms with Gasteiger partial charge in [-0.05, 0) is 133 Å². The van der Waals surface area contributed by atoms with Gasteiger partial charge in [-0.15, -0.1) is 24.8 Å². The maximum atomic E-state index is 13.3. The van der Waals surface area contributed by atoms with Gasteiger partial charge in [0.2, 0.25) is 17.2 Å². The number of phenols is 1. The molecule has 0 atom stereocenters. The molecule has 1 heterocycles. The molecule has 0 aliphatic rings. The van der Waals surface area contributed by atoms with Crippen LogP contribution in [0, 0.1) is 0 Å². The van der Waals surface area contributed by atoms with E-state index in [4.69, 9.17) is 32.5 Å². The summed E-state index contributed by atoms with van der Waals surface area (Å²) >= 11 is 6.26. The van der Waals surface area contributed by atoms with Crippen LogP contribution in [-0.4, -0.2) is 78.6 Å². The SMILES string of the molecule is Nc1cc(Nc2nc(Cl)nc(Nc3ccccc3C(=O)O)n2)ccc1/N=N/c1ccc(NS(=O)(=O)c2ccc(N=Nc3ccc4c(/N=N/c5ccc(S(=O)(=O)CCOSOOO)cc5S(=O)(=O)O)c(N)ccc4c3O)cc2)cc1. The molecular formula is C46H37ClN14O14S4. The van der Waals surface area contributed by atoms with E-state index in [-0.39, 0.29) is 96.3 Å². The number of benzene rings is 7. The number of phenolic OH excluding ortho intramolecular Hbond substituents is 1. The highest BCUT2D eigenvalue weighted by Crippen LogP contribution is 2.43. The highest BCUT2D eigenvalue weighted by atomic mass is 35.5. The minimum absolute atomic E-state index is 0.00314. The van der Waals surface area contributed by atoms with Gasteiger partial charge in [0.1, 0.15) is 27.6 Å². The van der Waals surface area contributed by atoms with Crippen molar-refractivity contribution in [1.82, 2.24) is 15.0 Å². The molecule has 0 bridgehead atoms. The van der Waals surface area contributed by atoms with E-state index in [9.17, 15) is 44.8 Å². The summed E-state index contributed by atoms with van der Waals surface area (Å²) in [5.41, 5.74) is 14.0. The van der Waals surface area contributed by atoms with Gasteiger partial charge in [-0.25, -0.2) is 26.9 Å². The fourth-order valence-corrected chi connectivity index (χ4v) is 10.3. The molecule has 33 heteroatoms. The number of aromatic nitrogens is 3. The minimum Gasteiger partial charge on any atom is -0.505 e. The van der Waals surface area contributed by atoms with E-state index in [2.05, 4.69) is 70.4 Å². The molecule has 0 aliphatic carbocycles. The molecule has 0 aliphatic heterocycles. The fraction of sp³-hybridized carbons (Fsp3) is 0.0435. The molecule has 0 spiro atoms. The molecular weight excluding hydrogens is 1140 g/mol. The predicted octanol–water partition coefficient (Wildman–Crippen LogP) is 10.8. The van der Waals surface area contributed by atoms with Crippen molar-refractivity contribution < 1.29 is 63.6 Å². The summed E-state index contributed by atoms with van der Waals surface area (Å²) in [4.78, 5) is 22.4. The van der Waals surface area contributed by atoms with Crippen molar-refractivity contribution in [2.24, 2.45) is 30.7 Å². The van der Waals surface area contributed by atoms with Crippen LogP contribution >= 0.6 is 23.9 Å². The summed E-state index contributed by atoms with van der Waals surface area (Å²) in [5.74, 6) is -2.16. The van der Waals surface area contributed by atoms with E-state index >= 15 is 0 Å². The number of hydrogen-bond acceptors (Lipinski definition) is 26. The van der Waals surface area contributed by atoms with E-state index in [1.165, 1.54) is 78.9 Å². The maximum absolute atomic E-state index is 13.3. The number of hydrogen-bond donors (Lipinski definition) is 9. The second kappa shape index (κ2) is 24.2. The largest absolute Gasteiger partial charge is 0.505 e. The first-order chi connectivity index (χ1) is 37.7. The number of nitrogens with one attached hydrogen (secondary N) is 3. The van der Waals surface area contributed by atoms with E-state index in [1.54, 1.807) is 36.4 Å². The lowest BCUT2D eigenvalue weighted by molar-refractivity contribution is -0.434. The third-order valence-electron chi connectivity index (χ3n) is 10.6. The van der Waals surface area contributed by atoms with Crippen molar-refractivity contribution in [3.05, 3.63) is 144 Å². The molecule has 0 radical (unpaired) electrons. The number of nitrogens with two attached hydrogens (primary N) is 2. The number of carbonyl (C=O) groups is 1. The Bertz CT molecular complexity index is 4070. The van der Waals surface area contributed by atoms with Gasteiger partial charge in [0.05, 0.1) is 56.2 Å². The van der Waals surface area contributed by atoms with Crippen LogP contribution in [0.1, 0.15) is 10.4 Å². The Morgan fingerprint density at radius 2 is 1.27 bits per heavy atom. The molecule has 8 rings (SSSR count). The number of azo groups is 3. The molecule has 7 aromatic carbocycles. The first-order valence-corrected chi connectivity index (χ1v) is 27.6. The first-order valence-electron chi connectivity index (χ1n) is 22.0. The van der Waals surface area contributed by atoms with E-state index < -0.39 is 63.8 Å². The van der Waals surface area contributed by atoms with Crippen LogP contribution in [0.15, 0.2) is 179 Å². The van der Waals surface area contributed by atoms with Crippen LogP contribution in [0.4, 0.5) is 74.5 Å². The van der Waals surface area contributed by atoms with Gasteiger partial charge in [0.25, 0.3) is 20.1 Å². The number of sulfonamides is 1. The molecule has 0 saturated carbocycles. The van der Waals surface area contributed by atoms with Gasteiger partial charge >= 0.3 is 5.97 Å².